The van der Waals surface area contributed by atoms with Crippen molar-refractivity contribution in [1.29, 1.82) is 0 Å². The van der Waals surface area contributed by atoms with Crippen molar-refractivity contribution in [2.75, 3.05) is 13.1 Å². The number of hydrogen-bond donors (Lipinski definition) is 2. The number of amides is 1. The lowest BCUT2D eigenvalue weighted by Gasteiger charge is -2.18. The maximum atomic E-state index is 13.6. The number of rotatable bonds is 1. The van der Waals surface area contributed by atoms with Crippen molar-refractivity contribution >= 4 is 5.91 Å². The summed E-state index contributed by atoms with van der Waals surface area (Å²) in [7, 11) is 0. The van der Waals surface area contributed by atoms with E-state index in [9.17, 15) is 9.18 Å². The molecular formula is C13H17FN2O. The van der Waals surface area contributed by atoms with Crippen molar-refractivity contribution in [2.45, 2.75) is 26.3 Å². The van der Waals surface area contributed by atoms with Gasteiger partial charge in [-0.05, 0) is 36.6 Å². The smallest absolute Gasteiger partial charge is 0.221 e. The number of hydrogen-bond acceptors (Lipinski definition) is 2. The Hall–Kier alpha value is -1.42. The molecule has 4 heteroatoms. The molecule has 2 rings (SSSR count). The van der Waals surface area contributed by atoms with Crippen molar-refractivity contribution in [2.24, 2.45) is 0 Å². The number of carbonyl (C=O) groups excluding carboxylic acids is 1. The van der Waals surface area contributed by atoms with Gasteiger partial charge in [-0.15, -0.1) is 0 Å². The van der Waals surface area contributed by atoms with Crippen LogP contribution in [0, 0.1) is 19.7 Å². The molecule has 1 aromatic rings. The van der Waals surface area contributed by atoms with Gasteiger partial charge in [0.2, 0.25) is 5.91 Å². The van der Waals surface area contributed by atoms with Gasteiger partial charge < -0.3 is 10.6 Å². The first-order valence-electron chi connectivity index (χ1n) is 5.84. The molecule has 0 saturated carbocycles. The van der Waals surface area contributed by atoms with E-state index in [1.807, 2.05) is 13.0 Å². The van der Waals surface area contributed by atoms with Gasteiger partial charge in [-0.25, -0.2) is 4.39 Å². The van der Waals surface area contributed by atoms with Crippen molar-refractivity contribution in [3.8, 4) is 0 Å². The SMILES string of the molecule is Cc1cc(C)c(C2CC(=O)NCCN2)cc1F. The van der Waals surface area contributed by atoms with E-state index < -0.39 is 0 Å². The van der Waals surface area contributed by atoms with E-state index >= 15 is 0 Å². The largest absolute Gasteiger partial charge is 0.355 e. The average Bonchev–Trinajstić information content (AvgIpc) is 2.48. The second-order valence-electron chi connectivity index (χ2n) is 4.52. The molecule has 1 amide bonds. The van der Waals surface area contributed by atoms with Crippen LogP contribution in [0.2, 0.25) is 0 Å². The second kappa shape index (κ2) is 4.84. The molecule has 1 saturated heterocycles. The van der Waals surface area contributed by atoms with E-state index in [0.717, 1.165) is 11.1 Å². The number of nitrogens with one attached hydrogen (secondary N) is 2. The number of carbonyl (C=O) groups is 1. The highest BCUT2D eigenvalue weighted by Gasteiger charge is 2.20. The van der Waals surface area contributed by atoms with Crippen LogP contribution in [0.1, 0.15) is 29.2 Å². The van der Waals surface area contributed by atoms with Crippen LogP contribution < -0.4 is 10.6 Å². The average molecular weight is 236 g/mol. The molecule has 0 spiro atoms. The summed E-state index contributed by atoms with van der Waals surface area (Å²) in [6, 6.07) is 3.28. The number of halogens is 1. The third kappa shape index (κ3) is 2.64. The Balaban J connectivity index is 2.32. The molecule has 0 bridgehead atoms. The summed E-state index contributed by atoms with van der Waals surface area (Å²) in [5, 5.41) is 6.06. The van der Waals surface area contributed by atoms with E-state index in [1.165, 1.54) is 0 Å². The summed E-state index contributed by atoms with van der Waals surface area (Å²) in [6.07, 6.45) is 0.364. The Morgan fingerprint density at radius 3 is 2.76 bits per heavy atom. The quantitative estimate of drug-likeness (QED) is 0.777. The van der Waals surface area contributed by atoms with E-state index in [-0.39, 0.29) is 17.8 Å². The molecule has 0 aliphatic carbocycles. The van der Waals surface area contributed by atoms with Gasteiger partial charge in [0, 0.05) is 25.6 Å². The lowest BCUT2D eigenvalue weighted by atomic mass is 9.96. The standard InChI is InChI=1S/C13H17FN2O/c1-8-5-9(2)11(14)6-10(8)12-7-13(17)16-4-3-15-12/h5-6,12,15H,3-4,7H2,1-2H3,(H,16,17). The zero-order valence-corrected chi connectivity index (χ0v) is 10.1. The van der Waals surface area contributed by atoms with Gasteiger partial charge in [0.05, 0.1) is 0 Å². The molecule has 3 nitrogen and oxygen atoms in total. The summed E-state index contributed by atoms with van der Waals surface area (Å²) < 4.78 is 13.6. The van der Waals surface area contributed by atoms with Crippen molar-refractivity contribution in [3.63, 3.8) is 0 Å². The predicted molar refractivity (Wildman–Crippen MR) is 64.2 cm³/mol. The van der Waals surface area contributed by atoms with Crippen LogP contribution >= 0.6 is 0 Å². The molecule has 1 aliphatic heterocycles. The Kier molecular flexibility index (Phi) is 3.43. The first-order chi connectivity index (χ1) is 8.08. The summed E-state index contributed by atoms with van der Waals surface area (Å²) >= 11 is 0. The summed E-state index contributed by atoms with van der Waals surface area (Å²) in [5.41, 5.74) is 2.55. The lowest BCUT2D eigenvalue weighted by molar-refractivity contribution is -0.121. The van der Waals surface area contributed by atoms with Crippen molar-refractivity contribution in [1.82, 2.24) is 10.6 Å². The third-order valence-corrected chi connectivity index (χ3v) is 3.15. The predicted octanol–water partition coefficient (Wildman–Crippen LogP) is 1.59. The second-order valence-corrected chi connectivity index (χ2v) is 4.52. The minimum atomic E-state index is -0.211. The van der Waals surface area contributed by atoms with Gasteiger partial charge >= 0.3 is 0 Å². The van der Waals surface area contributed by atoms with Crippen molar-refractivity contribution < 1.29 is 9.18 Å². The molecule has 1 heterocycles. The molecular weight excluding hydrogens is 219 g/mol. The molecule has 1 fully saturated rings. The molecule has 0 radical (unpaired) electrons. The fourth-order valence-electron chi connectivity index (χ4n) is 2.21. The van der Waals surface area contributed by atoms with Crippen molar-refractivity contribution in [3.05, 3.63) is 34.6 Å². The zero-order valence-electron chi connectivity index (χ0n) is 10.1. The van der Waals surface area contributed by atoms with E-state index in [2.05, 4.69) is 10.6 Å². The molecule has 0 aromatic heterocycles. The van der Waals surface area contributed by atoms with Crippen LogP contribution in [0.3, 0.4) is 0 Å². The van der Waals surface area contributed by atoms with Gasteiger partial charge in [-0.3, -0.25) is 4.79 Å². The maximum absolute atomic E-state index is 13.6. The molecule has 1 aromatic carbocycles. The van der Waals surface area contributed by atoms with Gasteiger partial charge in [-0.1, -0.05) is 6.07 Å². The Morgan fingerprint density at radius 1 is 1.24 bits per heavy atom. The number of benzene rings is 1. The highest BCUT2D eigenvalue weighted by atomic mass is 19.1. The molecule has 92 valence electrons. The third-order valence-electron chi connectivity index (χ3n) is 3.15. The van der Waals surface area contributed by atoms with Gasteiger partial charge in [0.15, 0.2) is 0 Å². The Bertz CT molecular complexity index is 445. The lowest BCUT2D eigenvalue weighted by Crippen LogP contribution is -2.25. The van der Waals surface area contributed by atoms with Crippen LogP contribution in [0.5, 0.6) is 0 Å². The van der Waals surface area contributed by atoms with E-state index in [1.54, 1.807) is 13.0 Å². The Morgan fingerprint density at radius 2 is 2.00 bits per heavy atom. The highest BCUT2D eigenvalue weighted by Crippen LogP contribution is 2.24. The highest BCUT2D eigenvalue weighted by molar-refractivity contribution is 5.77. The first kappa shape index (κ1) is 12.0. The minimum Gasteiger partial charge on any atom is -0.355 e. The van der Waals surface area contributed by atoms with Gasteiger partial charge in [0.25, 0.3) is 0 Å². The van der Waals surface area contributed by atoms with Crippen LogP contribution in [-0.4, -0.2) is 19.0 Å². The fourth-order valence-corrected chi connectivity index (χ4v) is 2.21. The van der Waals surface area contributed by atoms with Crippen LogP contribution in [0.4, 0.5) is 4.39 Å². The minimum absolute atomic E-state index is 0.0142. The molecule has 2 N–H and O–H groups in total. The Labute approximate surface area is 100 Å². The molecule has 1 aliphatic rings. The van der Waals surface area contributed by atoms with E-state index in [0.29, 0.717) is 25.1 Å². The van der Waals surface area contributed by atoms with Gasteiger partial charge in [0.1, 0.15) is 5.82 Å². The first-order valence-corrected chi connectivity index (χ1v) is 5.84. The van der Waals surface area contributed by atoms with Gasteiger partial charge in [-0.2, -0.15) is 0 Å². The molecule has 17 heavy (non-hydrogen) atoms. The summed E-state index contributed by atoms with van der Waals surface area (Å²) in [4.78, 5) is 11.5. The molecule has 1 atom stereocenters. The topological polar surface area (TPSA) is 41.1 Å². The monoisotopic (exact) mass is 236 g/mol. The normalized spacial score (nSPS) is 20.9. The van der Waals surface area contributed by atoms with Crippen LogP contribution in [-0.2, 0) is 4.79 Å². The van der Waals surface area contributed by atoms with E-state index in [4.69, 9.17) is 0 Å². The number of aryl methyl sites for hydroxylation is 2. The van der Waals surface area contributed by atoms with Crippen LogP contribution in [0.25, 0.3) is 0 Å². The fraction of sp³-hybridized carbons (Fsp3) is 0.462. The molecule has 1 unspecified atom stereocenters. The zero-order chi connectivity index (χ0) is 12.4. The van der Waals surface area contributed by atoms with Crippen LogP contribution in [0.15, 0.2) is 12.1 Å². The summed E-state index contributed by atoms with van der Waals surface area (Å²) in [5.74, 6) is -0.197. The summed E-state index contributed by atoms with van der Waals surface area (Å²) in [6.45, 7) is 5.04. The maximum Gasteiger partial charge on any atom is 0.221 e.